The van der Waals surface area contributed by atoms with Crippen LogP contribution in [0.3, 0.4) is 0 Å². The maximum atomic E-state index is 11.2. The largest absolute Gasteiger partial charge is 0.466 e. The van der Waals surface area contributed by atoms with Crippen molar-refractivity contribution in [3.05, 3.63) is 24.3 Å². The summed E-state index contributed by atoms with van der Waals surface area (Å²) in [5.41, 5.74) is 0. The molecule has 0 spiro atoms. The van der Waals surface area contributed by atoms with Gasteiger partial charge in [0.15, 0.2) is 0 Å². The molecule has 2 N–H and O–H groups in total. The minimum Gasteiger partial charge on any atom is -0.466 e. The van der Waals surface area contributed by atoms with E-state index in [-0.39, 0.29) is 23.9 Å². The molecular formula is C18H30O4. The van der Waals surface area contributed by atoms with E-state index < -0.39 is 6.10 Å². The molecule has 0 bridgehead atoms. The summed E-state index contributed by atoms with van der Waals surface area (Å²) < 4.78 is 4.90. The van der Waals surface area contributed by atoms with Gasteiger partial charge in [-0.2, -0.15) is 0 Å². The number of allylic oxidation sites excluding steroid dienone is 2. The van der Waals surface area contributed by atoms with E-state index in [1.165, 1.54) is 0 Å². The molecule has 0 aromatic rings. The summed E-state index contributed by atoms with van der Waals surface area (Å²) in [6.45, 7) is 4.00. The van der Waals surface area contributed by atoms with Crippen molar-refractivity contribution < 1.29 is 19.7 Å². The highest BCUT2D eigenvalue weighted by Gasteiger charge is 2.27. The van der Waals surface area contributed by atoms with Gasteiger partial charge in [0.25, 0.3) is 0 Å². The zero-order valence-corrected chi connectivity index (χ0v) is 13.8. The predicted molar refractivity (Wildman–Crippen MR) is 87.3 cm³/mol. The number of aliphatic hydroxyl groups is 2. The van der Waals surface area contributed by atoms with Crippen LogP contribution in [0.1, 0.15) is 52.4 Å². The van der Waals surface area contributed by atoms with Gasteiger partial charge in [0.1, 0.15) is 0 Å². The Hall–Kier alpha value is -1.13. The first-order valence-electron chi connectivity index (χ1n) is 8.43. The number of esters is 1. The lowest BCUT2D eigenvalue weighted by atomic mass is 9.88. The van der Waals surface area contributed by atoms with E-state index in [4.69, 9.17) is 4.74 Å². The summed E-state index contributed by atoms with van der Waals surface area (Å²) in [6, 6.07) is 0. The van der Waals surface area contributed by atoms with E-state index in [0.29, 0.717) is 13.0 Å². The molecule has 0 saturated carbocycles. The van der Waals surface area contributed by atoms with Gasteiger partial charge < -0.3 is 14.9 Å². The van der Waals surface area contributed by atoms with Crippen molar-refractivity contribution >= 4 is 5.97 Å². The Morgan fingerprint density at radius 3 is 2.68 bits per heavy atom. The Kier molecular flexibility index (Phi) is 9.09. The minimum atomic E-state index is -0.449. The van der Waals surface area contributed by atoms with Gasteiger partial charge in [-0.25, -0.2) is 0 Å². The second-order valence-electron chi connectivity index (χ2n) is 6.00. The first-order valence-corrected chi connectivity index (χ1v) is 8.43. The molecule has 1 unspecified atom stereocenters. The van der Waals surface area contributed by atoms with Crippen LogP contribution in [0.5, 0.6) is 0 Å². The SMILES string of the molecule is CCOC(=O)CCCCCC[C@@H]1[C@H](C=CC(C)O)C=C[C@H]1O. The minimum absolute atomic E-state index is 0.110. The van der Waals surface area contributed by atoms with Crippen molar-refractivity contribution in [1.29, 1.82) is 0 Å². The Labute approximate surface area is 133 Å². The molecule has 1 aliphatic rings. The molecule has 126 valence electrons. The van der Waals surface area contributed by atoms with Crippen molar-refractivity contribution in [1.82, 2.24) is 0 Å². The smallest absolute Gasteiger partial charge is 0.305 e. The third-order valence-electron chi connectivity index (χ3n) is 4.05. The van der Waals surface area contributed by atoms with Gasteiger partial charge in [-0.15, -0.1) is 0 Å². The van der Waals surface area contributed by atoms with Crippen LogP contribution >= 0.6 is 0 Å². The zero-order valence-electron chi connectivity index (χ0n) is 13.8. The second kappa shape index (κ2) is 10.6. The van der Waals surface area contributed by atoms with Gasteiger partial charge in [0.2, 0.25) is 0 Å². The fourth-order valence-corrected chi connectivity index (χ4v) is 2.85. The normalized spacial score (nSPS) is 25.7. The number of ether oxygens (including phenoxy) is 1. The quantitative estimate of drug-likeness (QED) is 0.370. The standard InChI is InChI=1S/C18H30O4/c1-3-22-18(21)9-7-5-4-6-8-16-15(11-10-14(2)19)12-13-17(16)20/h10-17,19-20H,3-9H2,1-2H3/t14?,15-,16-,17-/m1/s1. The molecule has 0 heterocycles. The molecule has 0 amide bonds. The Bertz CT molecular complexity index is 373. The van der Waals surface area contributed by atoms with Crippen LogP contribution in [0.25, 0.3) is 0 Å². The van der Waals surface area contributed by atoms with Gasteiger partial charge in [-0.1, -0.05) is 43.6 Å². The van der Waals surface area contributed by atoms with Gasteiger partial charge in [0.05, 0.1) is 18.8 Å². The van der Waals surface area contributed by atoms with Crippen molar-refractivity contribution in [3.63, 3.8) is 0 Å². The van der Waals surface area contributed by atoms with Crippen molar-refractivity contribution in [2.24, 2.45) is 11.8 Å². The predicted octanol–water partition coefficient (Wildman–Crippen LogP) is 2.99. The maximum absolute atomic E-state index is 11.2. The molecule has 22 heavy (non-hydrogen) atoms. The van der Waals surface area contributed by atoms with Gasteiger partial charge in [0, 0.05) is 12.3 Å². The molecule has 0 fully saturated rings. The van der Waals surface area contributed by atoms with E-state index in [1.54, 1.807) is 13.0 Å². The second-order valence-corrected chi connectivity index (χ2v) is 6.00. The number of hydrogen-bond acceptors (Lipinski definition) is 4. The molecule has 0 radical (unpaired) electrons. The summed E-state index contributed by atoms with van der Waals surface area (Å²) in [7, 11) is 0. The molecule has 4 nitrogen and oxygen atoms in total. The fourth-order valence-electron chi connectivity index (χ4n) is 2.85. The van der Waals surface area contributed by atoms with Crippen LogP contribution in [0.4, 0.5) is 0 Å². The molecule has 0 aromatic carbocycles. The topological polar surface area (TPSA) is 66.8 Å². The van der Waals surface area contributed by atoms with Crippen LogP contribution in [-0.4, -0.2) is 35.0 Å². The lowest BCUT2D eigenvalue weighted by Crippen LogP contribution is -2.19. The number of rotatable bonds is 10. The third-order valence-corrected chi connectivity index (χ3v) is 4.05. The van der Waals surface area contributed by atoms with E-state index in [9.17, 15) is 15.0 Å². The average molecular weight is 310 g/mol. The number of hydrogen-bond donors (Lipinski definition) is 2. The molecule has 1 rings (SSSR count). The van der Waals surface area contributed by atoms with Gasteiger partial charge in [-0.05, 0) is 32.6 Å². The highest BCUT2D eigenvalue weighted by molar-refractivity contribution is 5.69. The molecule has 4 atom stereocenters. The molecule has 0 saturated heterocycles. The van der Waals surface area contributed by atoms with Gasteiger partial charge >= 0.3 is 5.97 Å². The van der Waals surface area contributed by atoms with E-state index in [2.05, 4.69) is 0 Å². The first kappa shape index (κ1) is 18.9. The molecule has 0 aromatic heterocycles. The van der Waals surface area contributed by atoms with Crippen LogP contribution in [0, 0.1) is 11.8 Å². The van der Waals surface area contributed by atoms with E-state index in [1.807, 2.05) is 25.2 Å². The summed E-state index contributed by atoms with van der Waals surface area (Å²) in [4.78, 5) is 11.2. The van der Waals surface area contributed by atoms with Crippen molar-refractivity contribution in [3.8, 4) is 0 Å². The Morgan fingerprint density at radius 2 is 2.00 bits per heavy atom. The van der Waals surface area contributed by atoms with Crippen molar-refractivity contribution in [2.75, 3.05) is 6.61 Å². The summed E-state index contributed by atoms with van der Waals surface area (Å²) in [5, 5.41) is 19.3. The van der Waals surface area contributed by atoms with Crippen molar-refractivity contribution in [2.45, 2.75) is 64.6 Å². The number of carbonyl (C=O) groups excluding carboxylic acids is 1. The van der Waals surface area contributed by atoms with Crippen LogP contribution < -0.4 is 0 Å². The Morgan fingerprint density at radius 1 is 1.27 bits per heavy atom. The summed E-state index contributed by atoms with van der Waals surface area (Å²) >= 11 is 0. The monoisotopic (exact) mass is 310 g/mol. The highest BCUT2D eigenvalue weighted by Crippen LogP contribution is 2.31. The van der Waals surface area contributed by atoms with Crippen LogP contribution in [0.15, 0.2) is 24.3 Å². The lowest BCUT2D eigenvalue weighted by molar-refractivity contribution is -0.143. The zero-order chi connectivity index (χ0) is 16.4. The van der Waals surface area contributed by atoms with Gasteiger partial charge in [-0.3, -0.25) is 4.79 Å². The average Bonchev–Trinajstić information content (AvgIpc) is 2.81. The molecular weight excluding hydrogens is 280 g/mol. The number of aliphatic hydroxyl groups excluding tert-OH is 2. The third kappa shape index (κ3) is 7.23. The van der Waals surface area contributed by atoms with E-state index >= 15 is 0 Å². The van der Waals surface area contributed by atoms with E-state index in [0.717, 1.165) is 32.1 Å². The summed E-state index contributed by atoms with van der Waals surface area (Å²) in [5.74, 6) is 0.311. The Balaban J connectivity index is 2.18. The summed E-state index contributed by atoms with van der Waals surface area (Å²) in [6.07, 6.45) is 12.3. The van der Waals surface area contributed by atoms with Crippen LogP contribution in [-0.2, 0) is 9.53 Å². The number of carbonyl (C=O) groups is 1. The molecule has 1 aliphatic carbocycles. The highest BCUT2D eigenvalue weighted by atomic mass is 16.5. The lowest BCUT2D eigenvalue weighted by Gasteiger charge is -2.20. The molecule has 0 aliphatic heterocycles. The van der Waals surface area contributed by atoms with Crippen LogP contribution in [0.2, 0.25) is 0 Å². The maximum Gasteiger partial charge on any atom is 0.305 e. The fraction of sp³-hybridized carbons (Fsp3) is 0.722. The molecule has 4 heteroatoms. The first-order chi connectivity index (χ1) is 10.5. The number of unbranched alkanes of at least 4 members (excludes halogenated alkanes) is 3.